The van der Waals surface area contributed by atoms with E-state index in [-0.39, 0.29) is 29.2 Å². The first-order valence-electron chi connectivity index (χ1n) is 15.8. The van der Waals surface area contributed by atoms with Crippen molar-refractivity contribution in [1.29, 1.82) is 5.26 Å². The highest BCUT2D eigenvalue weighted by Crippen LogP contribution is 2.31. The second-order valence-corrected chi connectivity index (χ2v) is 11.1. The smallest absolute Gasteiger partial charge is 0.347 e. The zero-order valence-electron chi connectivity index (χ0n) is 27.8. The molecule has 10 nitrogen and oxygen atoms in total. The largest absolute Gasteiger partial charge is 0.493 e. The lowest BCUT2D eigenvalue weighted by Gasteiger charge is -2.19. The Morgan fingerprint density at radius 2 is 1.45 bits per heavy atom. The molecule has 0 atom stereocenters. The lowest BCUT2D eigenvalue weighted by Crippen LogP contribution is -2.14. The molecule has 0 amide bonds. The van der Waals surface area contributed by atoms with Gasteiger partial charge in [0.2, 0.25) is 0 Å². The van der Waals surface area contributed by atoms with Crippen LogP contribution in [-0.4, -0.2) is 39.2 Å². The average molecular weight is 673 g/mol. The van der Waals surface area contributed by atoms with Crippen LogP contribution in [0, 0.1) is 23.0 Å². The van der Waals surface area contributed by atoms with Gasteiger partial charge in [-0.2, -0.15) is 5.26 Å². The summed E-state index contributed by atoms with van der Waals surface area (Å²) in [6, 6.07) is 19.4. The summed E-state index contributed by atoms with van der Waals surface area (Å²) >= 11 is 0. The number of carbonyl (C=O) groups is 2. The van der Waals surface area contributed by atoms with Crippen LogP contribution in [0.25, 0.3) is 0 Å². The second-order valence-electron chi connectivity index (χ2n) is 11.1. The van der Waals surface area contributed by atoms with Crippen molar-refractivity contribution in [1.82, 2.24) is 0 Å². The molecule has 0 saturated carbocycles. The van der Waals surface area contributed by atoms with Crippen LogP contribution in [0.15, 0.2) is 72.8 Å². The number of nitrogens with zero attached hydrogens (tertiary/aromatic N) is 2. The maximum Gasteiger partial charge on any atom is 0.347 e. The predicted octanol–water partition coefficient (Wildman–Crippen LogP) is 8.14. The molecule has 2 N–H and O–H groups in total. The topological polar surface area (TPSA) is 122 Å². The average Bonchev–Trinajstić information content (AvgIpc) is 3.08. The van der Waals surface area contributed by atoms with E-state index in [1.807, 2.05) is 44.1 Å². The van der Waals surface area contributed by atoms with Gasteiger partial charge in [0.25, 0.3) is 0 Å². The molecule has 4 rings (SSSR count). The molecule has 0 fully saturated rings. The Labute approximate surface area is 284 Å². The molecule has 0 aliphatic heterocycles. The lowest BCUT2D eigenvalue weighted by atomic mass is 10.1. The number of nitriles is 1. The molecule has 0 unspecified atom stereocenters. The summed E-state index contributed by atoms with van der Waals surface area (Å²) in [6.07, 6.45) is 3.75. The molecule has 0 bridgehead atoms. The third-order valence-corrected chi connectivity index (χ3v) is 7.13. The molecule has 49 heavy (non-hydrogen) atoms. The fraction of sp³-hybridized carbons (Fsp3) is 0.270. The predicted molar refractivity (Wildman–Crippen MR) is 183 cm³/mol. The van der Waals surface area contributed by atoms with Crippen LogP contribution in [0.1, 0.15) is 65.8 Å². The van der Waals surface area contributed by atoms with Gasteiger partial charge >= 0.3 is 11.9 Å². The van der Waals surface area contributed by atoms with Crippen molar-refractivity contribution in [2.45, 2.75) is 39.5 Å². The van der Waals surface area contributed by atoms with E-state index < -0.39 is 34.9 Å². The van der Waals surface area contributed by atoms with Crippen LogP contribution in [0.4, 0.5) is 25.8 Å². The van der Waals surface area contributed by atoms with Crippen molar-refractivity contribution in [2.75, 3.05) is 43.1 Å². The van der Waals surface area contributed by atoms with E-state index in [0.29, 0.717) is 24.5 Å². The van der Waals surface area contributed by atoms with Gasteiger partial charge in [0, 0.05) is 44.0 Å². The number of carbonyl (C=O) groups excluding carboxylic acids is 2. The van der Waals surface area contributed by atoms with Crippen LogP contribution in [0.3, 0.4) is 0 Å². The number of rotatable bonds is 16. The number of hydrogen-bond donors (Lipinski definition) is 2. The fourth-order valence-electron chi connectivity index (χ4n) is 4.49. The van der Waals surface area contributed by atoms with Gasteiger partial charge in [-0.1, -0.05) is 26.7 Å². The lowest BCUT2D eigenvalue weighted by molar-refractivity contribution is 0.0727. The summed E-state index contributed by atoms with van der Waals surface area (Å²) in [5.41, 5.74) is 8.18. The first kappa shape index (κ1) is 36.0. The van der Waals surface area contributed by atoms with Gasteiger partial charge in [0.1, 0.15) is 51.8 Å². The molecule has 0 spiro atoms. The van der Waals surface area contributed by atoms with E-state index in [9.17, 15) is 18.4 Å². The van der Waals surface area contributed by atoms with Crippen LogP contribution < -0.4 is 34.7 Å². The Morgan fingerprint density at radius 1 is 0.755 bits per heavy atom. The molecule has 0 radical (unpaired) electrons. The molecular formula is C37H38F2N4O6. The van der Waals surface area contributed by atoms with Crippen molar-refractivity contribution < 1.29 is 37.3 Å². The van der Waals surface area contributed by atoms with E-state index in [0.717, 1.165) is 42.8 Å². The van der Waals surface area contributed by atoms with Crippen molar-refractivity contribution in [3.8, 4) is 29.1 Å². The van der Waals surface area contributed by atoms with Gasteiger partial charge in [-0.3, -0.25) is 5.43 Å². The molecule has 0 aliphatic rings. The number of anilines is 3. The highest BCUT2D eigenvalue weighted by molar-refractivity contribution is 5.95. The van der Waals surface area contributed by atoms with E-state index in [1.165, 1.54) is 24.3 Å². The first-order valence-corrected chi connectivity index (χ1v) is 15.8. The van der Waals surface area contributed by atoms with Crippen molar-refractivity contribution in [2.24, 2.45) is 0 Å². The Balaban J connectivity index is 1.42. The standard InChI is InChI=1S/C37H38F2N4O6/c1-5-7-8-18-47-35-19-26(43(3)4)13-16-33(35)42-41-25-11-9-24(10-12-25)36(44)48-27-14-15-29(34(22-27)46-17-6-2)37(45)49-28-20-31(38)30(23-40)32(39)21-28/h9-16,19-22,41-42H,5-8,17-18H2,1-4H3. The molecular weight excluding hydrogens is 634 g/mol. The maximum atomic E-state index is 14.0. The molecule has 0 heterocycles. The highest BCUT2D eigenvalue weighted by Gasteiger charge is 2.20. The van der Waals surface area contributed by atoms with Crippen LogP contribution in [-0.2, 0) is 0 Å². The number of ether oxygens (including phenoxy) is 4. The maximum absolute atomic E-state index is 14.0. The molecule has 0 aliphatic carbocycles. The molecule has 12 heteroatoms. The fourth-order valence-corrected chi connectivity index (χ4v) is 4.49. The van der Waals surface area contributed by atoms with Crippen LogP contribution in [0.2, 0.25) is 0 Å². The summed E-state index contributed by atoms with van der Waals surface area (Å²) < 4.78 is 50.5. The zero-order chi connectivity index (χ0) is 35.3. The number of hydrazine groups is 1. The van der Waals surface area contributed by atoms with Crippen LogP contribution in [0.5, 0.6) is 23.0 Å². The zero-order valence-corrected chi connectivity index (χ0v) is 27.8. The molecule has 4 aromatic rings. The molecule has 256 valence electrons. The number of halogens is 2. The van der Waals surface area contributed by atoms with Gasteiger partial charge in [0.05, 0.1) is 30.2 Å². The summed E-state index contributed by atoms with van der Waals surface area (Å²) in [5.74, 6) is -3.51. The molecule has 4 aromatic carbocycles. The minimum atomic E-state index is -1.16. The quantitative estimate of drug-likeness (QED) is 0.0522. The summed E-state index contributed by atoms with van der Waals surface area (Å²) in [7, 11) is 3.93. The van der Waals surface area contributed by atoms with Gasteiger partial charge in [-0.15, -0.1) is 0 Å². The Bertz CT molecular complexity index is 1790. The van der Waals surface area contributed by atoms with E-state index in [4.69, 9.17) is 24.2 Å². The van der Waals surface area contributed by atoms with Crippen LogP contribution >= 0.6 is 0 Å². The number of hydrogen-bond acceptors (Lipinski definition) is 10. The monoisotopic (exact) mass is 672 g/mol. The van der Waals surface area contributed by atoms with Gasteiger partial charge < -0.3 is 29.3 Å². The summed E-state index contributed by atoms with van der Waals surface area (Å²) in [6.45, 7) is 4.84. The minimum absolute atomic E-state index is 0.0460. The number of unbranched alkanes of at least 4 members (excludes halogenated alkanes) is 2. The Kier molecular flexibility index (Phi) is 12.8. The second kappa shape index (κ2) is 17.4. The Morgan fingerprint density at radius 3 is 2.10 bits per heavy atom. The molecule has 0 saturated heterocycles. The minimum Gasteiger partial charge on any atom is -0.493 e. The van der Waals surface area contributed by atoms with Crippen molar-refractivity contribution in [3.05, 3.63) is 101 Å². The summed E-state index contributed by atoms with van der Waals surface area (Å²) in [4.78, 5) is 27.9. The van der Waals surface area contributed by atoms with Gasteiger partial charge in [-0.25, -0.2) is 18.4 Å². The molecule has 0 aromatic heterocycles. The van der Waals surface area contributed by atoms with Gasteiger partial charge in [-0.05, 0) is 61.4 Å². The third kappa shape index (κ3) is 9.84. The third-order valence-electron chi connectivity index (χ3n) is 7.13. The Hall–Kier alpha value is -5.83. The SMILES string of the molecule is CCCCCOc1cc(N(C)C)ccc1NNc1ccc(C(=O)Oc2ccc(C(=O)Oc3cc(F)c(C#N)c(F)c3)c(OCCC)c2)cc1. The normalized spacial score (nSPS) is 10.5. The van der Waals surface area contributed by atoms with E-state index >= 15 is 0 Å². The number of esters is 2. The van der Waals surface area contributed by atoms with E-state index in [2.05, 4.69) is 17.8 Å². The van der Waals surface area contributed by atoms with Crippen molar-refractivity contribution >= 4 is 29.0 Å². The summed E-state index contributed by atoms with van der Waals surface area (Å²) in [5, 5.41) is 8.86. The number of benzene rings is 4. The number of nitrogens with one attached hydrogen (secondary N) is 2. The first-order chi connectivity index (χ1) is 23.6. The van der Waals surface area contributed by atoms with E-state index in [1.54, 1.807) is 24.3 Å². The highest BCUT2D eigenvalue weighted by atomic mass is 19.1. The van der Waals surface area contributed by atoms with Crippen molar-refractivity contribution in [3.63, 3.8) is 0 Å². The van der Waals surface area contributed by atoms with Gasteiger partial charge in [0.15, 0.2) is 0 Å².